The number of aliphatic hydroxyl groups excluding tert-OH is 1. The summed E-state index contributed by atoms with van der Waals surface area (Å²) in [4.78, 5) is 27.9. The summed E-state index contributed by atoms with van der Waals surface area (Å²) >= 11 is 0. The van der Waals surface area contributed by atoms with Crippen LogP contribution in [0.2, 0.25) is 0 Å². The summed E-state index contributed by atoms with van der Waals surface area (Å²) in [5.74, 6) is -0.788. The summed E-state index contributed by atoms with van der Waals surface area (Å²) in [6.07, 6.45) is 1.63. The van der Waals surface area contributed by atoms with Crippen LogP contribution in [0.25, 0.3) is 5.76 Å². The normalized spacial score (nSPS) is 21.2. The van der Waals surface area contributed by atoms with E-state index >= 15 is 0 Å². The highest BCUT2D eigenvalue weighted by atomic mass is 16.5. The molecule has 2 saturated heterocycles. The highest BCUT2D eigenvalue weighted by molar-refractivity contribution is 6.46. The lowest BCUT2D eigenvalue weighted by molar-refractivity contribution is -0.140. The first-order valence-electron chi connectivity index (χ1n) is 12.2. The Balaban J connectivity index is 1.48. The monoisotopic (exact) mass is 483 g/mol. The zero-order valence-corrected chi connectivity index (χ0v) is 20.2. The topological polar surface area (TPSA) is 76.1 Å². The van der Waals surface area contributed by atoms with Gasteiger partial charge in [0.05, 0.1) is 17.7 Å². The van der Waals surface area contributed by atoms with Gasteiger partial charge in [0.15, 0.2) is 0 Å². The van der Waals surface area contributed by atoms with Crippen molar-refractivity contribution in [1.82, 2.24) is 4.90 Å². The van der Waals surface area contributed by atoms with E-state index < -0.39 is 17.7 Å². The summed E-state index contributed by atoms with van der Waals surface area (Å²) in [6.45, 7) is 3.33. The second-order valence-electron chi connectivity index (χ2n) is 9.30. The number of likely N-dealkylation sites (tertiary alicyclic amines) is 1. The van der Waals surface area contributed by atoms with E-state index in [-0.39, 0.29) is 17.4 Å². The fraction of sp³-hybridized carbons (Fsp3) is 0.267. The lowest BCUT2D eigenvalue weighted by Gasteiger charge is -2.27. The number of nitrogens with zero attached hydrogens (tertiary/aromatic N) is 1. The SMILES string of the molecule is Cc1ccc(/C(O)=C2/C(=O)C(=O)N(CC3CCCO3)C2c2ccc(OCc3ccccc3)cc2)cc1. The lowest BCUT2D eigenvalue weighted by atomic mass is 9.95. The van der Waals surface area contributed by atoms with Gasteiger partial charge in [-0.2, -0.15) is 0 Å². The Hall–Kier alpha value is -3.90. The van der Waals surface area contributed by atoms with Crippen LogP contribution in [0.3, 0.4) is 0 Å². The Morgan fingerprint density at radius 1 is 1.00 bits per heavy atom. The summed E-state index contributed by atoms with van der Waals surface area (Å²) < 4.78 is 11.7. The Morgan fingerprint density at radius 2 is 1.72 bits per heavy atom. The fourth-order valence-corrected chi connectivity index (χ4v) is 4.78. The molecule has 6 nitrogen and oxygen atoms in total. The molecule has 0 saturated carbocycles. The van der Waals surface area contributed by atoms with Gasteiger partial charge >= 0.3 is 0 Å². The Morgan fingerprint density at radius 3 is 2.39 bits per heavy atom. The molecule has 5 rings (SSSR count). The van der Waals surface area contributed by atoms with Gasteiger partial charge in [-0.25, -0.2) is 0 Å². The van der Waals surface area contributed by atoms with E-state index in [1.807, 2.05) is 73.7 Å². The minimum atomic E-state index is -0.710. The third-order valence-electron chi connectivity index (χ3n) is 6.73. The molecule has 0 spiro atoms. The maximum Gasteiger partial charge on any atom is 0.295 e. The number of rotatable bonds is 7. The Kier molecular flexibility index (Phi) is 6.87. The van der Waals surface area contributed by atoms with Gasteiger partial charge in [0.2, 0.25) is 0 Å². The largest absolute Gasteiger partial charge is 0.507 e. The van der Waals surface area contributed by atoms with E-state index in [0.29, 0.717) is 31.1 Å². The molecule has 2 aliphatic heterocycles. The zero-order valence-electron chi connectivity index (χ0n) is 20.2. The van der Waals surface area contributed by atoms with Crippen LogP contribution in [-0.2, 0) is 20.9 Å². The van der Waals surface area contributed by atoms with E-state index in [2.05, 4.69) is 0 Å². The van der Waals surface area contributed by atoms with Crippen molar-refractivity contribution in [2.75, 3.05) is 13.2 Å². The quantitative estimate of drug-likeness (QED) is 0.285. The average Bonchev–Trinajstić information content (AvgIpc) is 3.51. The summed E-state index contributed by atoms with van der Waals surface area (Å²) in [5.41, 5.74) is 3.42. The zero-order chi connectivity index (χ0) is 25.1. The molecule has 0 bridgehead atoms. The van der Waals surface area contributed by atoms with Gasteiger partial charge in [-0.05, 0) is 43.0 Å². The molecule has 2 atom stereocenters. The molecule has 36 heavy (non-hydrogen) atoms. The molecule has 2 fully saturated rings. The lowest BCUT2D eigenvalue weighted by Crippen LogP contribution is -2.36. The van der Waals surface area contributed by atoms with Gasteiger partial charge < -0.3 is 19.5 Å². The third kappa shape index (κ3) is 4.90. The predicted molar refractivity (Wildman–Crippen MR) is 136 cm³/mol. The van der Waals surface area contributed by atoms with Gasteiger partial charge in [-0.3, -0.25) is 9.59 Å². The van der Waals surface area contributed by atoms with Gasteiger partial charge in [0, 0.05) is 18.7 Å². The van der Waals surface area contributed by atoms with Crippen molar-refractivity contribution in [2.45, 2.75) is 38.5 Å². The number of ketones is 1. The van der Waals surface area contributed by atoms with Crippen molar-refractivity contribution in [3.8, 4) is 5.75 Å². The highest BCUT2D eigenvalue weighted by Gasteiger charge is 2.47. The van der Waals surface area contributed by atoms with Crippen molar-refractivity contribution in [3.63, 3.8) is 0 Å². The molecular weight excluding hydrogens is 454 g/mol. The van der Waals surface area contributed by atoms with Crippen LogP contribution in [0.1, 0.15) is 41.1 Å². The van der Waals surface area contributed by atoms with Crippen molar-refractivity contribution < 1.29 is 24.2 Å². The molecule has 6 heteroatoms. The minimum absolute atomic E-state index is 0.0970. The number of ether oxygens (including phenoxy) is 2. The molecule has 184 valence electrons. The van der Waals surface area contributed by atoms with Crippen LogP contribution in [-0.4, -0.2) is 41.0 Å². The molecule has 2 aliphatic rings. The highest BCUT2D eigenvalue weighted by Crippen LogP contribution is 2.40. The molecule has 2 unspecified atom stereocenters. The fourth-order valence-electron chi connectivity index (χ4n) is 4.78. The standard InChI is InChI=1S/C30H29NO5/c1-20-9-11-23(12-10-20)28(32)26-27(31(30(34)29(26)33)18-25-8-5-17-35-25)22-13-15-24(16-14-22)36-19-21-6-3-2-4-7-21/h2-4,6-7,9-16,25,27,32H,5,8,17-19H2,1H3/b28-26-. The molecule has 0 aromatic heterocycles. The van der Waals surface area contributed by atoms with Crippen LogP contribution < -0.4 is 4.74 Å². The number of carbonyl (C=O) groups excluding carboxylic acids is 2. The molecule has 0 radical (unpaired) electrons. The van der Waals surface area contributed by atoms with E-state index in [1.54, 1.807) is 12.1 Å². The second kappa shape index (κ2) is 10.4. The number of benzene rings is 3. The van der Waals surface area contributed by atoms with Gasteiger partial charge in [0.25, 0.3) is 11.7 Å². The van der Waals surface area contributed by atoms with Crippen LogP contribution in [0, 0.1) is 6.92 Å². The van der Waals surface area contributed by atoms with Crippen LogP contribution in [0.15, 0.2) is 84.4 Å². The van der Waals surface area contributed by atoms with E-state index in [4.69, 9.17) is 9.47 Å². The average molecular weight is 484 g/mol. The van der Waals surface area contributed by atoms with Gasteiger partial charge in [0.1, 0.15) is 18.1 Å². The third-order valence-corrected chi connectivity index (χ3v) is 6.73. The number of aryl methyl sites for hydroxylation is 1. The van der Waals surface area contributed by atoms with Crippen LogP contribution >= 0.6 is 0 Å². The van der Waals surface area contributed by atoms with Gasteiger partial charge in [-0.15, -0.1) is 0 Å². The second-order valence-corrected chi connectivity index (χ2v) is 9.30. The first kappa shape index (κ1) is 23.8. The molecule has 1 N–H and O–H groups in total. The molecule has 1 amide bonds. The molecule has 3 aromatic rings. The number of amides is 1. The first-order chi connectivity index (χ1) is 17.5. The number of hydrogen-bond acceptors (Lipinski definition) is 5. The Labute approximate surface area is 210 Å². The smallest absolute Gasteiger partial charge is 0.295 e. The molecule has 0 aliphatic carbocycles. The predicted octanol–water partition coefficient (Wildman–Crippen LogP) is 5.17. The van der Waals surface area contributed by atoms with E-state index in [0.717, 1.165) is 29.5 Å². The van der Waals surface area contributed by atoms with E-state index in [1.165, 1.54) is 4.90 Å². The number of hydrogen-bond donors (Lipinski definition) is 1. The molecule has 3 aromatic carbocycles. The molecule has 2 heterocycles. The van der Waals surface area contributed by atoms with Crippen LogP contribution in [0.5, 0.6) is 5.75 Å². The van der Waals surface area contributed by atoms with Crippen molar-refractivity contribution in [2.24, 2.45) is 0 Å². The number of Topliss-reactive ketones (excluding diaryl/α,β-unsaturated/α-hetero) is 1. The van der Waals surface area contributed by atoms with Gasteiger partial charge in [-0.1, -0.05) is 72.3 Å². The first-order valence-corrected chi connectivity index (χ1v) is 12.2. The van der Waals surface area contributed by atoms with Crippen molar-refractivity contribution >= 4 is 17.4 Å². The van der Waals surface area contributed by atoms with E-state index in [9.17, 15) is 14.7 Å². The minimum Gasteiger partial charge on any atom is -0.507 e. The summed E-state index contributed by atoms with van der Waals surface area (Å²) in [5, 5.41) is 11.2. The summed E-state index contributed by atoms with van der Waals surface area (Å²) in [7, 11) is 0. The van der Waals surface area contributed by atoms with Crippen LogP contribution in [0.4, 0.5) is 0 Å². The maximum atomic E-state index is 13.2. The summed E-state index contributed by atoms with van der Waals surface area (Å²) in [6, 6.07) is 23.8. The maximum absolute atomic E-state index is 13.2. The Bertz CT molecular complexity index is 1260. The molecular formula is C30H29NO5. The van der Waals surface area contributed by atoms with Crippen molar-refractivity contribution in [3.05, 3.63) is 107 Å². The number of aliphatic hydroxyl groups is 1. The number of carbonyl (C=O) groups is 2. The van der Waals surface area contributed by atoms with Crippen molar-refractivity contribution in [1.29, 1.82) is 0 Å².